The third-order valence-electron chi connectivity index (χ3n) is 4.18. The Morgan fingerprint density at radius 2 is 1.50 bits per heavy atom. The van der Waals surface area contributed by atoms with E-state index >= 15 is 0 Å². The second-order valence-corrected chi connectivity index (χ2v) is 6.94. The van der Waals surface area contributed by atoms with Gasteiger partial charge in [-0.25, -0.2) is 9.59 Å². The van der Waals surface area contributed by atoms with Crippen LogP contribution in [-0.4, -0.2) is 30.1 Å². The van der Waals surface area contributed by atoms with Crippen molar-refractivity contribution in [2.24, 2.45) is 5.92 Å². The van der Waals surface area contributed by atoms with Gasteiger partial charge in [0.05, 0.1) is 11.6 Å². The Morgan fingerprint density at radius 3 is 2.07 bits per heavy atom. The van der Waals surface area contributed by atoms with Gasteiger partial charge in [-0.15, -0.1) is 0 Å². The third-order valence-corrected chi connectivity index (χ3v) is 4.18. The van der Waals surface area contributed by atoms with Gasteiger partial charge in [-0.1, -0.05) is 32.0 Å². The first-order chi connectivity index (χ1) is 14.3. The molecule has 0 aliphatic carbocycles. The van der Waals surface area contributed by atoms with E-state index in [4.69, 9.17) is 10.00 Å². The molecule has 0 fully saturated rings. The van der Waals surface area contributed by atoms with Gasteiger partial charge in [-0.05, 0) is 49.2 Å². The smallest absolute Gasteiger partial charge is 0.329 e. The molecule has 30 heavy (non-hydrogen) atoms. The molecule has 0 aliphatic rings. The first-order valence-electron chi connectivity index (χ1n) is 9.44. The predicted molar refractivity (Wildman–Crippen MR) is 113 cm³/mol. The summed E-state index contributed by atoms with van der Waals surface area (Å²) in [7, 11) is 0. The van der Waals surface area contributed by atoms with Crippen molar-refractivity contribution in [2.75, 3.05) is 10.6 Å². The Kier molecular flexibility index (Phi) is 7.94. The van der Waals surface area contributed by atoms with Gasteiger partial charge in [0.25, 0.3) is 5.91 Å². The molecule has 0 saturated heterocycles. The van der Waals surface area contributed by atoms with Gasteiger partial charge < -0.3 is 20.7 Å². The minimum absolute atomic E-state index is 0.257. The molecular weight excluding hydrogens is 384 g/mol. The van der Waals surface area contributed by atoms with Gasteiger partial charge in [0.1, 0.15) is 6.04 Å². The Labute approximate surface area is 175 Å². The molecule has 8 nitrogen and oxygen atoms in total. The number of nitrogens with zero attached hydrogens (tertiary/aromatic N) is 1. The van der Waals surface area contributed by atoms with E-state index in [0.717, 1.165) is 0 Å². The van der Waals surface area contributed by atoms with Crippen LogP contribution in [0.2, 0.25) is 0 Å². The van der Waals surface area contributed by atoms with Crippen LogP contribution in [0.25, 0.3) is 0 Å². The molecule has 0 aromatic heterocycles. The molecule has 156 valence electrons. The Morgan fingerprint density at radius 1 is 0.900 bits per heavy atom. The summed E-state index contributed by atoms with van der Waals surface area (Å²) >= 11 is 0. The molecule has 0 unspecified atom stereocenters. The quantitative estimate of drug-likeness (QED) is 0.607. The molecule has 0 saturated carbocycles. The standard InChI is InChI=1S/C22H24N4O4/c1-14(2)19(26-22(29)25-17-7-5-4-6-8-17)21(28)30-15(3)20(27)24-18-11-9-16(13-23)10-12-18/h4-12,14-15,19H,1-3H3,(H,24,27)(H2,25,26,29)/t15-,19-/m0/s1. The van der Waals surface area contributed by atoms with E-state index in [2.05, 4.69) is 16.0 Å². The molecule has 0 heterocycles. The maximum absolute atomic E-state index is 12.5. The van der Waals surface area contributed by atoms with Crippen molar-refractivity contribution in [3.63, 3.8) is 0 Å². The van der Waals surface area contributed by atoms with Crippen LogP contribution in [0.3, 0.4) is 0 Å². The fourth-order valence-electron chi connectivity index (χ4n) is 2.50. The van der Waals surface area contributed by atoms with E-state index in [1.807, 2.05) is 12.1 Å². The van der Waals surface area contributed by atoms with Crippen LogP contribution < -0.4 is 16.0 Å². The Hall–Kier alpha value is -3.86. The van der Waals surface area contributed by atoms with Crippen molar-refractivity contribution < 1.29 is 19.1 Å². The van der Waals surface area contributed by atoms with Crippen LogP contribution in [0.5, 0.6) is 0 Å². The minimum atomic E-state index is -1.08. The number of carbonyl (C=O) groups is 3. The average Bonchev–Trinajstić information content (AvgIpc) is 2.72. The zero-order chi connectivity index (χ0) is 22.1. The van der Waals surface area contributed by atoms with Gasteiger partial charge >= 0.3 is 12.0 Å². The molecule has 2 aromatic rings. The number of anilines is 2. The number of hydrogen-bond acceptors (Lipinski definition) is 5. The first-order valence-corrected chi connectivity index (χ1v) is 9.44. The molecule has 2 rings (SSSR count). The van der Waals surface area contributed by atoms with Crippen LogP contribution in [0.4, 0.5) is 16.2 Å². The van der Waals surface area contributed by atoms with E-state index in [9.17, 15) is 14.4 Å². The summed E-state index contributed by atoms with van der Waals surface area (Å²) in [6.07, 6.45) is -1.08. The SMILES string of the molecule is CC(C)[C@H](NC(=O)Nc1ccccc1)C(=O)O[C@@H](C)C(=O)Nc1ccc(C#N)cc1. The minimum Gasteiger partial charge on any atom is -0.451 e. The summed E-state index contributed by atoms with van der Waals surface area (Å²) in [4.78, 5) is 37.1. The third kappa shape index (κ3) is 6.63. The van der Waals surface area contributed by atoms with E-state index in [-0.39, 0.29) is 5.92 Å². The van der Waals surface area contributed by atoms with Gasteiger partial charge in [0.2, 0.25) is 0 Å². The van der Waals surface area contributed by atoms with Crippen LogP contribution in [0, 0.1) is 17.2 Å². The van der Waals surface area contributed by atoms with Gasteiger partial charge in [-0.3, -0.25) is 4.79 Å². The van der Waals surface area contributed by atoms with Crippen LogP contribution in [-0.2, 0) is 14.3 Å². The molecular formula is C22H24N4O4. The van der Waals surface area contributed by atoms with Gasteiger partial charge in [-0.2, -0.15) is 5.26 Å². The van der Waals surface area contributed by atoms with Crippen molar-refractivity contribution in [1.29, 1.82) is 5.26 Å². The lowest BCUT2D eigenvalue weighted by atomic mass is 10.0. The summed E-state index contributed by atoms with van der Waals surface area (Å²) in [6, 6.07) is 15.6. The highest BCUT2D eigenvalue weighted by atomic mass is 16.5. The number of ether oxygens (including phenoxy) is 1. The fourth-order valence-corrected chi connectivity index (χ4v) is 2.50. The molecule has 2 atom stereocenters. The summed E-state index contributed by atoms with van der Waals surface area (Å²) in [5, 5.41) is 16.6. The first kappa shape index (κ1) is 22.4. The lowest BCUT2D eigenvalue weighted by Crippen LogP contribution is -2.48. The van der Waals surface area contributed by atoms with Gasteiger partial charge in [0.15, 0.2) is 6.10 Å². The highest BCUT2D eigenvalue weighted by molar-refractivity contribution is 5.96. The molecule has 0 radical (unpaired) electrons. The second kappa shape index (κ2) is 10.6. The number of urea groups is 1. The number of para-hydroxylation sites is 1. The molecule has 3 N–H and O–H groups in total. The van der Waals surface area contributed by atoms with Crippen molar-refractivity contribution in [1.82, 2.24) is 5.32 Å². The van der Waals surface area contributed by atoms with Crippen LogP contribution in [0.1, 0.15) is 26.3 Å². The maximum atomic E-state index is 12.5. The molecule has 0 spiro atoms. The lowest BCUT2D eigenvalue weighted by Gasteiger charge is -2.23. The zero-order valence-electron chi connectivity index (χ0n) is 17.0. The van der Waals surface area contributed by atoms with E-state index in [1.54, 1.807) is 62.4 Å². The number of benzene rings is 2. The van der Waals surface area contributed by atoms with E-state index < -0.39 is 30.1 Å². The normalized spacial score (nSPS) is 12.2. The average molecular weight is 408 g/mol. The number of rotatable bonds is 7. The van der Waals surface area contributed by atoms with E-state index in [1.165, 1.54) is 6.92 Å². The highest BCUT2D eigenvalue weighted by Gasteiger charge is 2.29. The monoisotopic (exact) mass is 408 g/mol. The fraction of sp³-hybridized carbons (Fsp3) is 0.273. The molecule has 0 aliphatic heterocycles. The number of nitriles is 1. The maximum Gasteiger partial charge on any atom is 0.329 e. The van der Waals surface area contributed by atoms with Crippen LogP contribution >= 0.6 is 0 Å². The largest absolute Gasteiger partial charge is 0.451 e. The number of nitrogens with one attached hydrogen (secondary N) is 3. The summed E-state index contributed by atoms with van der Waals surface area (Å²) in [5.41, 5.74) is 1.52. The van der Waals surface area contributed by atoms with Crippen molar-refractivity contribution in [2.45, 2.75) is 32.9 Å². The van der Waals surface area contributed by atoms with Gasteiger partial charge in [0, 0.05) is 11.4 Å². The zero-order valence-corrected chi connectivity index (χ0v) is 17.0. The van der Waals surface area contributed by atoms with Crippen molar-refractivity contribution >= 4 is 29.3 Å². The number of hydrogen-bond donors (Lipinski definition) is 3. The second-order valence-electron chi connectivity index (χ2n) is 6.94. The van der Waals surface area contributed by atoms with Crippen molar-refractivity contribution in [3.05, 3.63) is 60.2 Å². The highest BCUT2D eigenvalue weighted by Crippen LogP contribution is 2.12. The molecule has 8 heteroatoms. The van der Waals surface area contributed by atoms with E-state index in [0.29, 0.717) is 16.9 Å². The predicted octanol–water partition coefficient (Wildman–Crippen LogP) is 3.27. The number of carbonyl (C=O) groups excluding carboxylic acids is 3. The number of amides is 3. The van der Waals surface area contributed by atoms with Crippen molar-refractivity contribution in [3.8, 4) is 6.07 Å². The molecule has 0 bridgehead atoms. The Bertz CT molecular complexity index is 920. The number of esters is 1. The summed E-state index contributed by atoms with van der Waals surface area (Å²) in [6.45, 7) is 4.96. The lowest BCUT2D eigenvalue weighted by molar-refractivity contribution is -0.156. The molecule has 2 aromatic carbocycles. The Balaban J connectivity index is 1.93. The van der Waals surface area contributed by atoms with Crippen LogP contribution in [0.15, 0.2) is 54.6 Å². The topological polar surface area (TPSA) is 120 Å². The summed E-state index contributed by atoms with van der Waals surface area (Å²) < 4.78 is 5.26. The molecule has 3 amide bonds. The summed E-state index contributed by atoms with van der Waals surface area (Å²) in [5.74, 6) is -1.49.